The summed E-state index contributed by atoms with van der Waals surface area (Å²) in [4.78, 5) is 23.6. The fourth-order valence-electron chi connectivity index (χ4n) is 2.06. The molecule has 0 saturated carbocycles. The van der Waals surface area contributed by atoms with Crippen molar-refractivity contribution in [1.29, 1.82) is 0 Å². The zero-order valence-electron chi connectivity index (χ0n) is 7.81. The highest BCUT2D eigenvalue weighted by molar-refractivity contribution is 5.81. The molecule has 0 aromatic rings. The van der Waals surface area contributed by atoms with Gasteiger partial charge < -0.3 is 14.7 Å². The molecule has 2 aliphatic rings. The molecule has 5 nitrogen and oxygen atoms in total. The summed E-state index contributed by atoms with van der Waals surface area (Å²) in [5.41, 5.74) is 0. The Morgan fingerprint density at radius 1 is 1.43 bits per heavy atom. The summed E-state index contributed by atoms with van der Waals surface area (Å²) in [6.45, 7) is 1.26. The molecule has 2 atom stereocenters. The average Bonchev–Trinajstić information content (AvgIpc) is 2.74. The number of fused-ring (bicyclic) bond motifs is 2. The number of amides is 1. The first-order chi connectivity index (χ1) is 6.66. The molecule has 1 N–H and O–H groups in total. The first-order valence-corrected chi connectivity index (χ1v) is 4.79. The first kappa shape index (κ1) is 9.45. The zero-order valence-corrected chi connectivity index (χ0v) is 7.81. The highest BCUT2D eigenvalue weighted by Crippen LogP contribution is 2.28. The number of hydrogen-bond donors (Lipinski definition) is 1. The SMILES string of the molecule is O=C(O)CCC(=O)N1CC2CC1CO2. The summed E-state index contributed by atoms with van der Waals surface area (Å²) < 4.78 is 5.35. The Morgan fingerprint density at radius 2 is 2.21 bits per heavy atom. The smallest absolute Gasteiger partial charge is 0.303 e. The van der Waals surface area contributed by atoms with Crippen LogP contribution in [-0.2, 0) is 14.3 Å². The first-order valence-electron chi connectivity index (χ1n) is 4.79. The summed E-state index contributed by atoms with van der Waals surface area (Å²) >= 11 is 0. The minimum atomic E-state index is -0.918. The second kappa shape index (κ2) is 3.57. The maximum atomic E-state index is 11.5. The molecule has 0 aromatic heterocycles. The predicted octanol–water partition coefficient (Wildman–Crippen LogP) is -0.149. The Hall–Kier alpha value is -1.10. The van der Waals surface area contributed by atoms with E-state index in [1.54, 1.807) is 4.90 Å². The van der Waals surface area contributed by atoms with E-state index in [1.807, 2.05) is 0 Å². The maximum absolute atomic E-state index is 11.5. The minimum absolute atomic E-state index is 0.0526. The van der Waals surface area contributed by atoms with Crippen LogP contribution >= 0.6 is 0 Å². The van der Waals surface area contributed by atoms with E-state index in [1.165, 1.54) is 0 Å². The van der Waals surface area contributed by atoms with Gasteiger partial charge in [-0.05, 0) is 6.42 Å². The van der Waals surface area contributed by atoms with Gasteiger partial charge in [-0.2, -0.15) is 0 Å². The molecular weight excluding hydrogens is 186 g/mol. The van der Waals surface area contributed by atoms with Crippen LogP contribution in [0.5, 0.6) is 0 Å². The van der Waals surface area contributed by atoms with E-state index in [4.69, 9.17) is 9.84 Å². The molecule has 2 saturated heterocycles. The van der Waals surface area contributed by atoms with E-state index in [0.29, 0.717) is 13.2 Å². The number of rotatable bonds is 3. The van der Waals surface area contributed by atoms with Gasteiger partial charge in [-0.3, -0.25) is 9.59 Å². The quantitative estimate of drug-likeness (QED) is 0.686. The number of carboxylic acids is 1. The van der Waals surface area contributed by atoms with Crippen LogP contribution in [0.15, 0.2) is 0 Å². The van der Waals surface area contributed by atoms with Crippen LogP contribution < -0.4 is 0 Å². The fraction of sp³-hybridized carbons (Fsp3) is 0.778. The Balaban J connectivity index is 1.84. The van der Waals surface area contributed by atoms with Gasteiger partial charge in [0.2, 0.25) is 5.91 Å². The average molecular weight is 199 g/mol. The Morgan fingerprint density at radius 3 is 2.71 bits per heavy atom. The molecule has 2 heterocycles. The number of carboxylic acid groups (broad SMARTS) is 1. The molecule has 1 amide bonds. The topological polar surface area (TPSA) is 66.8 Å². The van der Waals surface area contributed by atoms with E-state index in [-0.39, 0.29) is 30.9 Å². The van der Waals surface area contributed by atoms with Crippen LogP contribution in [0.3, 0.4) is 0 Å². The Labute approximate surface area is 81.6 Å². The number of nitrogens with zero attached hydrogens (tertiary/aromatic N) is 1. The van der Waals surface area contributed by atoms with Crippen molar-refractivity contribution in [2.75, 3.05) is 13.2 Å². The summed E-state index contributed by atoms with van der Waals surface area (Å²) in [6, 6.07) is 0.196. The summed E-state index contributed by atoms with van der Waals surface area (Å²) in [6.07, 6.45) is 1.14. The van der Waals surface area contributed by atoms with E-state index in [0.717, 1.165) is 6.42 Å². The van der Waals surface area contributed by atoms with Crippen LogP contribution in [0.2, 0.25) is 0 Å². The lowest BCUT2D eigenvalue weighted by Crippen LogP contribution is -2.41. The molecule has 78 valence electrons. The van der Waals surface area contributed by atoms with Crippen molar-refractivity contribution in [1.82, 2.24) is 4.90 Å². The molecule has 2 aliphatic heterocycles. The normalized spacial score (nSPS) is 29.6. The van der Waals surface area contributed by atoms with Crippen LogP contribution in [0, 0.1) is 0 Å². The fourth-order valence-corrected chi connectivity index (χ4v) is 2.06. The lowest BCUT2D eigenvalue weighted by molar-refractivity contribution is -0.142. The highest BCUT2D eigenvalue weighted by Gasteiger charge is 2.41. The molecular formula is C9H13NO4. The van der Waals surface area contributed by atoms with E-state index in [2.05, 4.69) is 0 Å². The van der Waals surface area contributed by atoms with Crippen LogP contribution in [-0.4, -0.2) is 47.2 Å². The molecule has 0 aliphatic carbocycles. The summed E-state index contributed by atoms with van der Waals surface area (Å²) in [7, 11) is 0. The third kappa shape index (κ3) is 1.72. The standard InChI is InChI=1S/C9H13NO4/c11-8(1-2-9(12)13)10-4-7-3-6(10)5-14-7/h6-7H,1-5H2,(H,12,13). The lowest BCUT2D eigenvalue weighted by atomic mass is 10.2. The van der Waals surface area contributed by atoms with Crippen LogP contribution in [0.25, 0.3) is 0 Å². The molecule has 0 radical (unpaired) electrons. The largest absolute Gasteiger partial charge is 0.481 e. The maximum Gasteiger partial charge on any atom is 0.303 e. The number of carbonyl (C=O) groups excluding carboxylic acids is 1. The van der Waals surface area contributed by atoms with E-state index < -0.39 is 5.97 Å². The molecule has 2 unspecified atom stereocenters. The number of likely N-dealkylation sites (tertiary alicyclic amines) is 1. The van der Waals surface area contributed by atoms with Crippen LogP contribution in [0.1, 0.15) is 19.3 Å². The van der Waals surface area contributed by atoms with Crippen molar-refractivity contribution >= 4 is 11.9 Å². The predicted molar refractivity (Wildman–Crippen MR) is 46.7 cm³/mol. The summed E-state index contributed by atoms with van der Waals surface area (Å²) in [5.74, 6) is -0.970. The van der Waals surface area contributed by atoms with Gasteiger partial charge in [-0.25, -0.2) is 0 Å². The lowest BCUT2D eigenvalue weighted by Gasteiger charge is -2.26. The van der Waals surface area contributed by atoms with Crippen molar-refractivity contribution in [2.24, 2.45) is 0 Å². The number of hydrogen-bond acceptors (Lipinski definition) is 3. The second-order valence-corrected chi connectivity index (χ2v) is 3.78. The van der Waals surface area contributed by atoms with Gasteiger partial charge in [-0.15, -0.1) is 0 Å². The van der Waals surface area contributed by atoms with Crippen molar-refractivity contribution in [3.63, 3.8) is 0 Å². The van der Waals surface area contributed by atoms with Crippen LogP contribution in [0.4, 0.5) is 0 Å². The molecule has 5 heteroatoms. The van der Waals surface area contributed by atoms with Gasteiger partial charge in [0.15, 0.2) is 0 Å². The van der Waals surface area contributed by atoms with E-state index in [9.17, 15) is 9.59 Å². The zero-order chi connectivity index (χ0) is 10.1. The molecule has 0 aromatic carbocycles. The van der Waals surface area contributed by atoms with Gasteiger partial charge in [0.05, 0.1) is 25.2 Å². The third-order valence-electron chi connectivity index (χ3n) is 2.77. The third-order valence-corrected chi connectivity index (χ3v) is 2.77. The molecule has 2 fully saturated rings. The van der Waals surface area contributed by atoms with Crippen molar-refractivity contribution in [3.8, 4) is 0 Å². The van der Waals surface area contributed by atoms with Gasteiger partial charge in [0, 0.05) is 13.0 Å². The number of morpholine rings is 1. The number of ether oxygens (including phenoxy) is 1. The van der Waals surface area contributed by atoms with E-state index >= 15 is 0 Å². The second-order valence-electron chi connectivity index (χ2n) is 3.78. The summed E-state index contributed by atoms with van der Waals surface area (Å²) in [5, 5.41) is 8.44. The number of aliphatic carboxylic acids is 1. The van der Waals surface area contributed by atoms with Gasteiger partial charge in [0.25, 0.3) is 0 Å². The highest BCUT2D eigenvalue weighted by atomic mass is 16.5. The van der Waals surface area contributed by atoms with Gasteiger partial charge in [-0.1, -0.05) is 0 Å². The monoisotopic (exact) mass is 199 g/mol. The Bertz CT molecular complexity index is 266. The van der Waals surface area contributed by atoms with Crippen molar-refractivity contribution in [2.45, 2.75) is 31.4 Å². The molecule has 2 rings (SSSR count). The minimum Gasteiger partial charge on any atom is -0.481 e. The molecule has 0 spiro atoms. The van der Waals surface area contributed by atoms with Gasteiger partial charge >= 0.3 is 5.97 Å². The van der Waals surface area contributed by atoms with Crippen molar-refractivity contribution < 1.29 is 19.4 Å². The Kier molecular flexibility index (Phi) is 2.41. The van der Waals surface area contributed by atoms with Gasteiger partial charge in [0.1, 0.15) is 0 Å². The van der Waals surface area contributed by atoms with Crippen molar-refractivity contribution in [3.05, 3.63) is 0 Å². The number of carbonyl (C=O) groups is 2. The molecule has 2 bridgehead atoms. The molecule has 14 heavy (non-hydrogen) atoms.